The summed E-state index contributed by atoms with van der Waals surface area (Å²) >= 11 is 1.70. The number of thiophene rings is 1. The lowest BCUT2D eigenvalue weighted by Crippen LogP contribution is -2.07. The molecule has 21 heavy (non-hydrogen) atoms. The summed E-state index contributed by atoms with van der Waals surface area (Å²) in [7, 11) is 0. The highest BCUT2D eigenvalue weighted by Gasteiger charge is 2.13. The summed E-state index contributed by atoms with van der Waals surface area (Å²) in [6, 6.07) is 16.9. The number of hydrogen-bond acceptors (Lipinski definition) is 3. The van der Waals surface area contributed by atoms with Crippen molar-refractivity contribution >= 4 is 27.1 Å². The summed E-state index contributed by atoms with van der Waals surface area (Å²) in [4.78, 5) is 1.16. The van der Waals surface area contributed by atoms with Gasteiger partial charge >= 0.3 is 0 Å². The first-order chi connectivity index (χ1) is 10.2. The van der Waals surface area contributed by atoms with Gasteiger partial charge in [0.05, 0.1) is 11.7 Å². The Labute approximate surface area is 126 Å². The molecule has 2 nitrogen and oxygen atoms in total. The van der Waals surface area contributed by atoms with E-state index in [2.05, 4.69) is 23.5 Å². The molecule has 0 radical (unpaired) electrons. The lowest BCUT2D eigenvalue weighted by Gasteiger charge is -2.15. The number of halogens is 1. The molecule has 0 bridgehead atoms. The Hall–Kier alpha value is -2.38. The Kier molecular flexibility index (Phi) is 3.59. The predicted molar refractivity (Wildman–Crippen MR) is 85.0 cm³/mol. The van der Waals surface area contributed by atoms with E-state index in [-0.39, 0.29) is 11.6 Å². The molecule has 1 atom stereocenters. The van der Waals surface area contributed by atoms with E-state index in [0.29, 0.717) is 5.69 Å². The molecule has 1 aromatic heterocycles. The minimum atomic E-state index is -0.494. The van der Waals surface area contributed by atoms with Gasteiger partial charge in [-0.05, 0) is 36.6 Å². The SMILES string of the molecule is CC(Nc1cccc(F)c1C#N)c1cc2ccccc2s1. The van der Waals surface area contributed by atoms with Gasteiger partial charge in [-0.15, -0.1) is 11.3 Å². The zero-order valence-corrected chi connectivity index (χ0v) is 12.2. The third-order valence-corrected chi connectivity index (χ3v) is 4.67. The molecule has 0 amide bonds. The lowest BCUT2D eigenvalue weighted by molar-refractivity contribution is 0.624. The number of nitriles is 1. The van der Waals surface area contributed by atoms with E-state index < -0.39 is 5.82 Å². The van der Waals surface area contributed by atoms with Gasteiger partial charge < -0.3 is 5.32 Å². The molecule has 0 saturated carbocycles. The molecular formula is C17H13FN2S. The van der Waals surface area contributed by atoms with E-state index in [4.69, 9.17) is 5.26 Å². The van der Waals surface area contributed by atoms with E-state index in [1.165, 1.54) is 16.2 Å². The lowest BCUT2D eigenvalue weighted by atomic mass is 10.1. The van der Waals surface area contributed by atoms with Crippen LogP contribution in [-0.2, 0) is 0 Å². The van der Waals surface area contributed by atoms with E-state index >= 15 is 0 Å². The van der Waals surface area contributed by atoms with Gasteiger partial charge in [0.25, 0.3) is 0 Å². The van der Waals surface area contributed by atoms with Crippen molar-refractivity contribution in [3.63, 3.8) is 0 Å². The topological polar surface area (TPSA) is 35.8 Å². The minimum Gasteiger partial charge on any atom is -0.377 e. The summed E-state index contributed by atoms with van der Waals surface area (Å²) in [6.07, 6.45) is 0. The van der Waals surface area contributed by atoms with Crippen LogP contribution in [0, 0.1) is 17.1 Å². The highest BCUT2D eigenvalue weighted by atomic mass is 32.1. The van der Waals surface area contributed by atoms with Crippen LogP contribution in [0.15, 0.2) is 48.5 Å². The maximum absolute atomic E-state index is 13.6. The molecular weight excluding hydrogens is 283 g/mol. The largest absolute Gasteiger partial charge is 0.377 e. The average Bonchev–Trinajstić information content (AvgIpc) is 2.91. The molecule has 0 aliphatic rings. The molecule has 3 rings (SSSR count). The first-order valence-corrected chi connectivity index (χ1v) is 7.44. The summed E-state index contributed by atoms with van der Waals surface area (Å²) in [5.41, 5.74) is 0.591. The van der Waals surface area contributed by atoms with Crippen molar-refractivity contribution in [2.24, 2.45) is 0 Å². The number of nitrogens with one attached hydrogen (secondary N) is 1. The van der Waals surface area contributed by atoms with Crippen LogP contribution in [0.3, 0.4) is 0 Å². The van der Waals surface area contributed by atoms with Crippen molar-refractivity contribution in [1.82, 2.24) is 0 Å². The van der Waals surface area contributed by atoms with E-state index in [0.717, 1.165) is 4.88 Å². The second-order valence-electron chi connectivity index (χ2n) is 4.83. The number of hydrogen-bond donors (Lipinski definition) is 1. The normalized spacial score (nSPS) is 12.0. The smallest absolute Gasteiger partial charge is 0.143 e. The second-order valence-corrected chi connectivity index (χ2v) is 5.94. The monoisotopic (exact) mass is 296 g/mol. The molecule has 1 unspecified atom stereocenters. The second kappa shape index (κ2) is 5.55. The molecule has 3 aromatic rings. The third kappa shape index (κ3) is 2.61. The van der Waals surface area contributed by atoms with Crippen LogP contribution < -0.4 is 5.32 Å². The van der Waals surface area contributed by atoms with Crippen molar-refractivity contribution < 1.29 is 4.39 Å². The van der Waals surface area contributed by atoms with Crippen LogP contribution in [0.25, 0.3) is 10.1 Å². The first-order valence-electron chi connectivity index (χ1n) is 6.62. The molecule has 2 aromatic carbocycles. The zero-order valence-electron chi connectivity index (χ0n) is 11.4. The standard InChI is InChI=1S/C17H13FN2S/c1-11(17-9-12-5-2-3-8-16(12)21-17)20-15-7-4-6-14(18)13(15)10-19/h2-9,11,20H,1H3. The molecule has 0 spiro atoms. The van der Waals surface area contributed by atoms with E-state index in [1.54, 1.807) is 23.5 Å². The van der Waals surface area contributed by atoms with Gasteiger partial charge in [-0.1, -0.05) is 24.3 Å². The van der Waals surface area contributed by atoms with Crippen molar-refractivity contribution in [1.29, 1.82) is 5.26 Å². The van der Waals surface area contributed by atoms with Gasteiger partial charge in [0.15, 0.2) is 0 Å². The highest BCUT2D eigenvalue weighted by molar-refractivity contribution is 7.19. The maximum atomic E-state index is 13.6. The van der Waals surface area contributed by atoms with E-state index in [9.17, 15) is 4.39 Å². The first kappa shape index (κ1) is 13.6. The van der Waals surface area contributed by atoms with Crippen LogP contribution in [0.5, 0.6) is 0 Å². The number of nitrogens with zero attached hydrogens (tertiary/aromatic N) is 1. The van der Waals surface area contributed by atoms with Gasteiger partial charge in [-0.3, -0.25) is 0 Å². The van der Waals surface area contributed by atoms with Crippen molar-refractivity contribution in [3.05, 3.63) is 64.8 Å². The fourth-order valence-corrected chi connectivity index (χ4v) is 3.35. The van der Waals surface area contributed by atoms with Gasteiger partial charge in [0, 0.05) is 9.58 Å². The summed E-state index contributed by atoms with van der Waals surface area (Å²) < 4.78 is 14.8. The average molecular weight is 296 g/mol. The van der Waals surface area contributed by atoms with Crippen LogP contribution in [0.4, 0.5) is 10.1 Å². The molecule has 0 aliphatic carbocycles. The molecule has 0 aliphatic heterocycles. The van der Waals surface area contributed by atoms with Crippen molar-refractivity contribution in [2.45, 2.75) is 13.0 Å². The fourth-order valence-electron chi connectivity index (χ4n) is 2.28. The minimum absolute atomic E-state index is 0.0105. The molecule has 0 fully saturated rings. The quantitative estimate of drug-likeness (QED) is 0.731. The number of anilines is 1. The molecule has 0 saturated heterocycles. The van der Waals surface area contributed by atoms with Gasteiger partial charge in [-0.2, -0.15) is 5.26 Å². The van der Waals surface area contributed by atoms with Crippen LogP contribution in [-0.4, -0.2) is 0 Å². The number of rotatable bonds is 3. The van der Waals surface area contributed by atoms with Gasteiger partial charge in [0.1, 0.15) is 17.4 Å². The summed E-state index contributed by atoms with van der Waals surface area (Å²) in [5, 5.41) is 13.5. The Morgan fingerprint density at radius 1 is 1.19 bits per heavy atom. The zero-order chi connectivity index (χ0) is 14.8. The Balaban J connectivity index is 1.91. The van der Waals surface area contributed by atoms with Crippen LogP contribution in [0.1, 0.15) is 23.4 Å². The van der Waals surface area contributed by atoms with Gasteiger partial charge in [-0.25, -0.2) is 4.39 Å². The van der Waals surface area contributed by atoms with Crippen molar-refractivity contribution in [2.75, 3.05) is 5.32 Å². The fraction of sp³-hybridized carbons (Fsp3) is 0.118. The maximum Gasteiger partial charge on any atom is 0.143 e. The third-order valence-electron chi connectivity index (χ3n) is 3.37. The highest BCUT2D eigenvalue weighted by Crippen LogP contribution is 2.32. The van der Waals surface area contributed by atoms with Gasteiger partial charge in [0.2, 0.25) is 0 Å². The van der Waals surface area contributed by atoms with Crippen molar-refractivity contribution in [3.8, 4) is 6.07 Å². The summed E-state index contributed by atoms with van der Waals surface area (Å²) in [6.45, 7) is 2.01. The number of fused-ring (bicyclic) bond motifs is 1. The molecule has 4 heteroatoms. The summed E-state index contributed by atoms with van der Waals surface area (Å²) in [5.74, 6) is -0.494. The molecule has 104 valence electrons. The Morgan fingerprint density at radius 2 is 2.00 bits per heavy atom. The Morgan fingerprint density at radius 3 is 2.76 bits per heavy atom. The van der Waals surface area contributed by atoms with Crippen LogP contribution in [0.2, 0.25) is 0 Å². The number of benzene rings is 2. The molecule has 1 heterocycles. The van der Waals surface area contributed by atoms with E-state index in [1.807, 2.05) is 25.1 Å². The predicted octanol–water partition coefficient (Wildman–Crippen LogP) is 5.09. The Bertz CT molecular complexity index is 799. The molecule has 1 N–H and O–H groups in total. The van der Waals surface area contributed by atoms with Crippen LogP contribution >= 0.6 is 11.3 Å².